The number of aliphatic hydroxyl groups is 1. The lowest BCUT2D eigenvalue weighted by Gasteiger charge is -2.25. The second kappa shape index (κ2) is 11.6. The summed E-state index contributed by atoms with van der Waals surface area (Å²) in [5, 5.41) is 25.1. The third kappa shape index (κ3) is 5.56. The highest BCUT2D eigenvalue weighted by Gasteiger charge is 2.26. The van der Waals surface area contributed by atoms with Crippen LogP contribution in [0.3, 0.4) is 0 Å². The second-order valence-electron chi connectivity index (χ2n) is 9.97. The van der Waals surface area contributed by atoms with Gasteiger partial charge in [0, 0.05) is 29.8 Å². The lowest BCUT2D eigenvalue weighted by atomic mass is 9.94. The Hall–Kier alpha value is -3.59. The van der Waals surface area contributed by atoms with Gasteiger partial charge in [-0.2, -0.15) is 5.21 Å². The Labute approximate surface area is 216 Å². The molecule has 3 heterocycles. The SMILES string of the molecule is CCCCc1cn(C2CCCCCCC2O)c(=O)n1Cc1cnccc1-c1ccc(-c2nn[nH]n2)cc1. The van der Waals surface area contributed by atoms with Gasteiger partial charge in [-0.25, -0.2) is 4.79 Å². The maximum absolute atomic E-state index is 13.8. The summed E-state index contributed by atoms with van der Waals surface area (Å²) in [6, 6.07) is 9.82. The van der Waals surface area contributed by atoms with Gasteiger partial charge in [0.15, 0.2) is 0 Å². The van der Waals surface area contributed by atoms with E-state index in [0.717, 1.165) is 85.7 Å². The first kappa shape index (κ1) is 25.1. The third-order valence-corrected chi connectivity index (χ3v) is 7.46. The molecular weight excluding hydrogens is 466 g/mol. The molecule has 1 fully saturated rings. The summed E-state index contributed by atoms with van der Waals surface area (Å²) in [4.78, 5) is 18.2. The van der Waals surface area contributed by atoms with Gasteiger partial charge in [-0.15, -0.1) is 10.2 Å². The van der Waals surface area contributed by atoms with Crippen LogP contribution in [0.1, 0.15) is 75.6 Å². The largest absolute Gasteiger partial charge is 0.391 e. The number of imidazole rings is 1. The molecule has 9 nitrogen and oxygen atoms in total. The van der Waals surface area contributed by atoms with Gasteiger partial charge >= 0.3 is 5.69 Å². The number of hydrogen-bond donors (Lipinski definition) is 2. The number of pyridine rings is 1. The highest BCUT2D eigenvalue weighted by molar-refractivity contribution is 5.69. The molecule has 0 radical (unpaired) electrons. The van der Waals surface area contributed by atoms with Crippen molar-refractivity contribution in [2.24, 2.45) is 0 Å². The number of nitrogens with one attached hydrogen (secondary N) is 1. The fourth-order valence-corrected chi connectivity index (χ4v) is 5.37. The molecule has 1 saturated carbocycles. The first-order valence-corrected chi connectivity index (χ1v) is 13.4. The van der Waals surface area contributed by atoms with Gasteiger partial charge in [0.2, 0.25) is 5.82 Å². The van der Waals surface area contributed by atoms with Crippen molar-refractivity contribution in [3.63, 3.8) is 0 Å². The molecule has 0 bridgehead atoms. The standard InChI is InChI=1S/C28H35N7O2/c1-2-3-8-23-19-35(25-9-6-4-5-7-10-26(25)36)28(37)34(23)18-22-17-29-16-15-24(22)20-11-13-21(14-12-20)27-30-32-33-31-27/h11-17,19,25-26,36H,2-10,18H2,1H3,(H,30,31,32,33). The van der Waals surface area contributed by atoms with Crippen molar-refractivity contribution in [2.75, 3.05) is 0 Å². The van der Waals surface area contributed by atoms with Crippen LogP contribution in [0.2, 0.25) is 0 Å². The van der Waals surface area contributed by atoms with E-state index in [1.54, 1.807) is 6.20 Å². The number of aryl methyl sites for hydroxylation is 1. The molecule has 0 spiro atoms. The first-order chi connectivity index (χ1) is 18.2. The molecule has 2 atom stereocenters. The maximum Gasteiger partial charge on any atom is 0.329 e. The van der Waals surface area contributed by atoms with Gasteiger partial charge in [0.05, 0.1) is 18.7 Å². The summed E-state index contributed by atoms with van der Waals surface area (Å²) in [6.07, 6.45) is 14.0. The van der Waals surface area contributed by atoms with Crippen LogP contribution in [0.25, 0.3) is 22.5 Å². The second-order valence-corrected chi connectivity index (χ2v) is 9.97. The Morgan fingerprint density at radius 3 is 2.59 bits per heavy atom. The van der Waals surface area contributed by atoms with E-state index < -0.39 is 6.10 Å². The summed E-state index contributed by atoms with van der Waals surface area (Å²) in [6.45, 7) is 2.60. The van der Waals surface area contributed by atoms with Crippen molar-refractivity contribution in [3.8, 4) is 22.5 Å². The van der Waals surface area contributed by atoms with E-state index in [2.05, 4.69) is 32.5 Å². The summed E-state index contributed by atoms with van der Waals surface area (Å²) < 4.78 is 3.70. The molecule has 194 valence electrons. The number of aromatic nitrogens is 7. The average molecular weight is 502 g/mol. The van der Waals surface area contributed by atoms with E-state index in [0.29, 0.717) is 12.4 Å². The lowest BCUT2D eigenvalue weighted by molar-refractivity contribution is 0.0868. The number of H-pyrrole nitrogens is 1. The van der Waals surface area contributed by atoms with Gasteiger partial charge in [-0.05, 0) is 53.7 Å². The van der Waals surface area contributed by atoms with Crippen molar-refractivity contribution in [1.29, 1.82) is 0 Å². The van der Waals surface area contributed by atoms with Crippen LogP contribution in [0.4, 0.5) is 0 Å². The monoisotopic (exact) mass is 501 g/mol. The summed E-state index contributed by atoms with van der Waals surface area (Å²) in [5.41, 5.74) is 4.89. The minimum absolute atomic E-state index is 0.0435. The van der Waals surface area contributed by atoms with Crippen molar-refractivity contribution < 1.29 is 5.11 Å². The van der Waals surface area contributed by atoms with Crippen molar-refractivity contribution >= 4 is 0 Å². The lowest BCUT2D eigenvalue weighted by Crippen LogP contribution is -2.34. The zero-order valence-corrected chi connectivity index (χ0v) is 21.4. The molecule has 1 aliphatic carbocycles. The Balaban J connectivity index is 1.48. The number of aromatic amines is 1. The van der Waals surface area contributed by atoms with Crippen molar-refractivity contribution in [1.82, 2.24) is 34.7 Å². The molecule has 3 aromatic heterocycles. The molecular formula is C28H35N7O2. The fraction of sp³-hybridized carbons (Fsp3) is 0.464. The molecule has 1 aliphatic rings. The minimum Gasteiger partial charge on any atom is -0.391 e. The number of tetrazole rings is 1. The van der Waals surface area contributed by atoms with Gasteiger partial charge in [-0.3, -0.25) is 14.1 Å². The number of aliphatic hydroxyl groups excluding tert-OH is 1. The fourth-order valence-electron chi connectivity index (χ4n) is 5.37. The number of rotatable bonds is 8. The summed E-state index contributed by atoms with van der Waals surface area (Å²) >= 11 is 0. The molecule has 37 heavy (non-hydrogen) atoms. The number of benzene rings is 1. The van der Waals surface area contributed by atoms with E-state index >= 15 is 0 Å². The van der Waals surface area contributed by atoms with E-state index in [1.807, 2.05) is 51.9 Å². The highest BCUT2D eigenvalue weighted by Crippen LogP contribution is 2.28. The molecule has 5 rings (SSSR count). The highest BCUT2D eigenvalue weighted by atomic mass is 16.3. The molecule has 1 aromatic carbocycles. The van der Waals surface area contributed by atoms with Crippen molar-refractivity contribution in [2.45, 2.75) is 83.4 Å². The molecule has 0 amide bonds. The van der Waals surface area contributed by atoms with Gasteiger partial charge in [0.25, 0.3) is 0 Å². The number of nitrogens with zero attached hydrogens (tertiary/aromatic N) is 6. The quantitative estimate of drug-likeness (QED) is 0.366. The van der Waals surface area contributed by atoms with E-state index in [9.17, 15) is 9.90 Å². The van der Waals surface area contributed by atoms with E-state index in [1.165, 1.54) is 0 Å². The van der Waals surface area contributed by atoms with E-state index in [4.69, 9.17) is 0 Å². The minimum atomic E-state index is -0.487. The Kier molecular flexibility index (Phi) is 7.89. The van der Waals surface area contributed by atoms with Gasteiger partial charge in [0.1, 0.15) is 0 Å². The van der Waals surface area contributed by atoms with Gasteiger partial charge in [-0.1, -0.05) is 63.3 Å². The molecule has 9 heteroatoms. The normalized spacial score (nSPS) is 18.4. The molecule has 2 N–H and O–H groups in total. The number of unbranched alkanes of at least 4 members (excludes halogenated alkanes) is 1. The maximum atomic E-state index is 13.8. The van der Waals surface area contributed by atoms with Crippen LogP contribution in [-0.4, -0.2) is 46.0 Å². The Bertz CT molecular complexity index is 1340. The molecule has 0 saturated heterocycles. The topological polar surface area (TPSA) is 115 Å². The van der Waals surface area contributed by atoms with E-state index in [-0.39, 0.29) is 11.7 Å². The summed E-state index contributed by atoms with van der Waals surface area (Å²) in [5.74, 6) is 0.548. The van der Waals surface area contributed by atoms with Gasteiger partial charge < -0.3 is 5.11 Å². The van der Waals surface area contributed by atoms with Crippen LogP contribution in [-0.2, 0) is 13.0 Å². The Morgan fingerprint density at radius 2 is 1.84 bits per heavy atom. The predicted molar refractivity (Wildman–Crippen MR) is 142 cm³/mol. The zero-order valence-electron chi connectivity index (χ0n) is 21.4. The molecule has 0 aliphatic heterocycles. The van der Waals surface area contributed by atoms with Crippen molar-refractivity contribution in [3.05, 3.63) is 70.7 Å². The summed E-state index contributed by atoms with van der Waals surface area (Å²) in [7, 11) is 0. The van der Waals surface area contributed by atoms with Crippen LogP contribution in [0.5, 0.6) is 0 Å². The predicted octanol–water partition coefficient (Wildman–Crippen LogP) is 4.54. The molecule has 2 unspecified atom stereocenters. The smallest absolute Gasteiger partial charge is 0.329 e. The van der Waals surface area contributed by atoms with Crippen LogP contribution >= 0.6 is 0 Å². The zero-order chi connectivity index (χ0) is 25.6. The first-order valence-electron chi connectivity index (χ1n) is 13.4. The molecule has 4 aromatic rings. The third-order valence-electron chi connectivity index (χ3n) is 7.46. The van der Waals surface area contributed by atoms with Crippen LogP contribution in [0.15, 0.2) is 53.7 Å². The van der Waals surface area contributed by atoms with Crippen LogP contribution in [0, 0.1) is 0 Å². The number of hydrogen-bond acceptors (Lipinski definition) is 6. The Morgan fingerprint density at radius 1 is 1.05 bits per heavy atom. The average Bonchev–Trinajstić information content (AvgIpc) is 3.55. The van der Waals surface area contributed by atoms with Crippen LogP contribution < -0.4 is 5.69 Å².